The van der Waals surface area contributed by atoms with Crippen molar-refractivity contribution in [3.63, 3.8) is 0 Å². The Kier molecular flexibility index (Phi) is 4.70. The summed E-state index contributed by atoms with van der Waals surface area (Å²) < 4.78 is 0. The molecule has 5 N–H and O–H groups in total. The first-order valence-corrected chi connectivity index (χ1v) is 7.04. The molecule has 0 unspecified atom stereocenters. The predicted molar refractivity (Wildman–Crippen MR) is 86.8 cm³/mol. The maximum Gasteiger partial charge on any atom is 0.317 e. The lowest BCUT2D eigenvalue weighted by Crippen LogP contribution is -2.21. The highest BCUT2D eigenvalue weighted by Crippen LogP contribution is 2.29. The van der Waals surface area contributed by atoms with Gasteiger partial charge in [-0.3, -0.25) is 14.9 Å². The van der Waals surface area contributed by atoms with Crippen LogP contribution in [0.5, 0.6) is 0 Å². The number of hydrogen-bond acceptors (Lipinski definition) is 4. The molecular formula is C15H13N3O3S. The van der Waals surface area contributed by atoms with Crippen LogP contribution >= 0.6 is 11.3 Å². The first-order chi connectivity index (χ1) is 10.5. The van der Waals surface area contributed by atoms with Gasteiger partial charge >= 0.3 is 6.03 Å². The number of amides is 3. The summed E-state index contributed by atoms with van der Waals surface area (Å²) in [6, 6.07) is 7.82. The van der Waals surface area contributed by atoms with E-state index in [-0.39, 0.29) is 5.56 Å². The summed E-state index contributed by atoms with van der Waals surface area (Å²) in [6.45, 7) is 0. The van der Waals surface area contributed by atoms with Gasteiger partial charge in [0.05, 0.1) is 5.56 Å². The molecule has 22 heavy (non-hydrogen) atoms. The third kappa shape index (κ3) is 3.80. The van der Waals surface area contributed by atoms with E-state index in [0.717, 1.165) is 16.7 Å². The van der Waals surface area contributed by atoms with Gasteiger partial charge in [0, 0.05) is 10.4 Å². The van der Waals surface area contributed by atoms with Crippen LogP contribution in [0, 0.1) is 0 Å². The Morgan fingerprint density at radius 1 is 1.05 bits per heavy atom. The fourth-order valence-corrected chi connectivity index (χ4v) is 2.71. The van der Waals surface area contributed by atoms with Crippen molar-refractivity contribution < 1.29 is 14.4 Å². The first-order valence-electron chi connectivity index (χ1n) is 6.23. The Hall–Kier alpha value is -2.93. The van der Waals surface area contributed by atoms with E-state index in [1.807, 2.05) is 6.08 Å². The Morgan fingerprint density at radius 3 is 2.23 bits per heavy atom. The standard InChI is InChI=1S/C15H13N3O3S/c16-13(20)12-7-11(22-14(12)18-15(17)21)6-5-9-1-3-10(8-19)4-2-9/h1-8H,(H2,16,20)(H3,17,18,21)/b6-5+. The molecule has 0 atom stereocenters. The molecular weight excluding hydrogens is 302 g/mol. The summed E-state index contributed by atoms with van der Waals surface area (Å²) in [5, 5.41) is 2.69. The van der Waals surface area contributed by atoms with E-state index < -0.39 is 11.9 Å². The molecule has 1 aromatic heterocycles. The molecule has 0 fully saturated rings. The smallest absolute Gasteiger partial charge is 0.317 e. The number of carbonyl (C=O) groups excluding carboxylic acids is 3. The highest BCUT2D eigenvalue weighted by molar-refractivity contribution is 7.17. The third-order valence-corrected chi connectivity index (χ3v) is 3.78. The molecule has 0 aliphatic carbocycles. The molecule has 0 aliphatic rings. The van der Waals surface area contributed by atoms with Gasteiger partial charge in [0.1, 0.15) is 11.3 Å². The van der Waals surface area contributed by atoms with Crippen LogP contribution in [-0.2, 0) is 0 Å². The number of primary amides is 2. The van der Waals surface area contributed by atoms with E-state index in [0.29, 0.717) is 10.6 Å². The Balaban J connectivity index is 2.24. The van der Waals surface area contributed by atoms with Crippen molar-refractivity contribution in [1.29, 1.82) is 0 Å². The van der Waals surface area contributed by atoms with Gasteiger partial charge < -0.3 is 11.5 Å². The molecule has 0 aliphatic heterocycles. The second-order valence-corrected chi connectivity index (χ2v) is 5.45. The molecule has 6 nitrogen and oxygen atoms in total. The van der Waals surface area contributed by atoms with Crippen LogP contribution in [0.2, 0.25) is 0 Å². The largest absolute Gasteiger partial charge is 0.366 e. The molecule has 0 spiro atoms. The number of nitrogens with one attached hydrogen (secondary N) is 1. The van der Waals surface area contributed by atoms with Crippen LogP contribution in [-0.4, -0.2) is 18.2 Å². The zero-order valence-corrected chi connectivity index (χ0v) is 12.2. The van der Waals surface area contributed by atoms with Gasteiger partial charge in [-0.2, -0.15) is 0 Å². The molecule has 2 rings (SSSR count). The number of thiophene rings is 1. The van der Waals surface area contributed by atoms with Crippen LogP contribution in [0.25, 0.3) is 12.2 Å². The summed E-state index contributed by atoms with van der Waals surface area (Å²) in [5.74, 6) is -0.644. The van der Waals surface area contributed by atoms with Gasteiger partial charge in [0.25, 0.3) is 5.91 Å². The molecule has 2 aromatic rings. The van der Waals surface area contributed by atoms with Crippen LogP contribution in [0.1, 0.15) is 31.2 Å². The number of aldehydes is 1. The molecule has 0 saturated heterocycles. The van der Waals surface area contributed by atoms with Crippen molar-refractivity contribution in [2.24, 2.45) is 11.5 Å². The molecule has 1 aromatic carbocycles. The van der Waals surface area contributed by atoms with Crippen LogP contribution in [0.15, 0.2) is 30.3 Å². The van der Waals surface area contributed by atoms with Gasteiger partial charge in [-0.05, 0) is 17.7 Å². The van der Waals surface area contributed by atoms with Crippen molar-refractivity contribution in [2.75, 3.05) is 5.32 Å². The predicted octanol–water partition coefficient (Wildman–Crippen LogP) is 2.32. The first kappa shape index (κ1) is 15.5. The molecule has 7 heteroatoms. The molecule has 0 bridgehead atoms. The van der Waals surface area contributed by atoms with Gasteiger partial charge in [0.2, 0.25) is 0 Å². The minimum Gasteiger partial charge on any atom is -0.366 e. The minimum absolute atomic E-state index is 0.208. The van der Waals surface area contributed by atoms with E-state index in [1.54, 1.807) is 36.4 Å². The number of hydrogen-bond donors (Lipinski definition) is 3. The van der Waals surface area contributed by atoms with Crippen LogP contribution < -0.4 is 16.8 Å². The fraction of sp³-hybridized carbons (Fsp3) is 0. The highest BCUT2D eigenvalue weighted by atomic mass is 32.1. The second-order valence-electron chi connectivity index (χ2n) is 4.36. The SMILES string of the molecule is NC(=O)Nc1sc(/C=C/c2ccc(C=O)cc2)cc1C(N)=O. The molecule has 3 amide bonds. The summed E-state index contributed by atoms with van der Waals surface area (Å²) in [5.41, 5.74) is 12.0. The normalized spacial score (nSPS) is 10.5. The maximum absolute atomic E-state index is 11.3. The van der Waals surface area contributed by atoms with Gasteiger partial charge in [-0.1, -0.05) is 30.3 Å². The highest BCUT2D eigenvalue weighted by Gasteiger charge is 2.13. The minimum atomic E-state index is -0.760. The maximum atomic E-state index is 11.3. The van der Waals surface area contributed by atoms with Gasteiger partial charge in [-0.25, -0.2) is 4.79 Å². The quantitative estimate of drug-likeness (QED) is 0.735. The molecule has 0 radical (unpaired) electrons. The molecule has 1 heterocycles. The zero-order chi connectivity index (χ0) is 16.1. The Morgan fingerprint density at radius 2 is 1.68 bits per heavy atom. The number of rotatable bonds is 5. The van der Waals surface area contributed by atoms with Gasteiger partial charge in [0.15, 0.2) is 0 Å². The summed E-state index contributed by atoms with van der Waals surface area (Å²) >= 11 is 1.19. The van der Waals surface area contributed by atoms with Crippen LogP contribution in [0.3, 0.4) is 0 Å². The van der Waals surface area contributed by atoms with Gasteiger partial charge in [-0.15, -0.1) is 11.3 Å². The van der Waals surface area contributed by atoms with Crippen LogP contribution in [0.4, 0.5) is 9.80 Å². The monoisotopic (exact) mass is 315 g/mol. The van der Waals surface area contributed by atoms with E-state index in [9.17, 15) is 14.4 Å². The zero-order valence-electron chi connectivity index (χ0n) is 11.4. The van der Waals surface area contributed by atoms with Crippen molar-refractivity contribution in [3.8, 4) is 0 Å². The molecule has 0 saturated carbocycles. The topological polar surface area (TPSA) is 115 Å². The van der Waals surface area contributed by atoms with Crippen molar-refractivity contribution in [2.45, 2.75) is 0 Å². The van der Waals surface area contributed by atoms with Crippen molar-refractivity contribution >= 4 is 46.7 Å². The van der Waals surface area contributed by atoms with E-state index in [2.05, 4.69) is 5.32 Å². The Bertz CT molecular complexity index is 748. The fourth-order valence-electron chi connectivity index (χ4n) is 1.74. The number of nitrogens with two attached hydrogens (primary N) is 2. The van der Waals surface area contributed by atoms with E-state index in [1.165, 1.54) is 11.3 Å². The Labute approximate surface area is 130 Å². The number of anilines is 1. The second kappa shape index (κ2) is 6.68. The third-order valence-electron chi connectivity index (χ3n) is 2.77. The lowest BCUT2D eigenvalue weighted by Gasteiger charge is -1.98. The summed E-state index contributed by atoms with van der Waals surface area (Å²) in [4.78, 5) is 33.6. The lowest BCUT2D eigenvalue weighted by atomic mass is 10.1. The van der Waals surface area contributed by atoms with E-state index >= 15 is 0 Å². The number of benzene rings is 1. The lowest BCUT2D eigenvalue weighted by molar-refractivity contribution is 0.100. The van der Waals surface area contributed by atoms with Crippen molar-refractivity contribution in [1.82, 2.24) is 0 Å². The number of urea groups is 1. The average Bonchev–Trinajstić information content (AvgIpc) is 2.88. The van der Waals surface area contributed by atoms with E-state index in [4.69, 9.17) is 11.5 Å². The molecule has 112 valence electrons. The summed E-state index contributed by atoms with van der Waals surface area (Å²) in [7, 11) is 0. The number of carbonyl (C=O) groups is 3. The summed E-state index contributed by atoms with van der Waals surface area (Å²) in [6.07, 6.45) is 4.37. The van der Waals surface area contributed by atoms with Crippen molar-refractivity contribution in [3.05, 3.63) is 51.9 Å². The average molecular weight is 315 g/mol.